The monoisotopic (exact) mass is 395 g/mol. The molecule has 1 aromatic rings. The number of esters is 3. The van der Waals surface area contributed by atoms with Gasteiger partial charge >= 0.3 is 17.9 Å². The van der Waals surface area contributed by atoms with Gasteiger partial charge in [-0.1, -0.05) is 0 Å². The van der Waals surface area contributed by atoms with E-state index in [0.717, 1.165) is 0 Å². The Hall–Kier alpha value is -3.15. The van der Waals surface area contributed by atoms with Crippen molar-refractivity contribution in [2.45, 2.75) is 45.3 Å². The van der Waals surface area contributed by atoms with Gasteiger partial charge in [-0.25, -0.2) is 9.97 Å². The molecule has 152 valence electrons. The van der Waals surface area contributed by atoms with Crippen LogP contribution >= 0.6 is 0 Å². The lowest BCUT2D eigenvalue weighted by Crippen LogP contribution is -2.47. The number of nitrogens with zero attached hydrogens (tertiary/aromatic N) is 3. The number of aromatic nitrogens is 2. The second-order valence-corrected chi connectivity index (χ2v) is 6.28. The number of carbonyl (C=O) groups is 3. The summed E-state index contributed by atoms with van der Waals surface area (Å²) in [6.07, 6.45) is -2.37. The summed E-state index contributed by atoms with van der Waals surface area (Å²) in [5.41, 5.74) is 6.37. The molecule has 2 aliphatic rings. The number of fused-ring (bicyclic) bond motifs is 1. The largest absolute Gasteiger partial charge is 0.463 e. The first kappa shape index (κ1) is 19.6. The minimum absolute atomic E-state index is 0.179. The summed E-state index contributed by atoms with van der Waals surface area (Å²) in [6, 6.07) is 0. The highest BCUT2D eigenvalue weighted by atomic mass is 16.7. The second-order valence-electron chi connectivity index (χ2n) is 6.28. The van der Waals surface area contributed by atoms with E-state index in [1.54, 1.807) is 4.90 Å². The number of nitrogens with one attached hydrogen (secondary N) is 1. The molecule has 0 aromatic carbocycles. The molecule has 0 spiro atoms. The molecule has 0 saturated carbocycles. The molecule has 3 heterocycles. The molecule has 12 nitrogen and oxygen atoms in total. The van der Waals surface area contributed by atoms with Crippen LogP contribution in [0.25, 0.3) is 0 Å². The molecule has 1 aromatic heterocycles. The number of anilines is 3. The number of rotatable bonds is 5. The van der Waals surface area contributed by atoms with Gasteiger partial charge < -0.3 is 34.9 Å². The second kappa shape index (κ2) is 7.84. The van der Waals surface area contributed by atoms with Gasteiger partial charge in [0.1, 0.15) is 24.7 Å². The first-order chi connectivity index (χ1) is 13.3. The van der Waals surface area contributed by atoms with Crippen LogP contribution in [0.3, 0.4) is 0 Å². The predicted octanol–water partition coefficient (Wildman–Crippen LogP) is -0.600. The molecule has 12 heteroatoms. The molecule has 1 saturated heterocycles. The maximum Gasteiger partial charge on any atom is 0.303 e. The van der Waals surface area contributed by atoms with E-state index in [1.807, 2.05) is 0 Å². The molecule has 28 heavy (non-hydrogen) atoms. The summed E-state index contributed by atoms with van der Waals surface area (Å²) >= 11 is 0. The Morgan fingerprint density at radius 1 is 1.18 bits per heavy atom. The molecule has 3 rings (SSSR count). The zero-order valence-electron chi connectivity index (χ0n) is 15.6. The van der Waals surface area contributed by atoms with Crippen molar-refractivity contribution in [3.05, 3.63) is 6.33 Å². The van der Waals surface area contributed by atoms with Crippen LogP contribution in [0.2, 0.25) is 0 Å². The van der Waals surface area contributed by atoms with Crippen LogP contribution in [0, 0.1) is 0 Å². The van der Waals surface area contributed by atoms with Gasteiger partial charge in [-0.15, -0.1) is 0 Å². The highest BCUT2D eigenvalue weighted by Crippen LogP contribution is 2.38. The third kappa shape index (κ3) is 3.91. The van der Waals surface area contributed by atoms with Crippen LogP contribution in [-0.4, -0.2) is 65.7 Å². The lowest BCUT2D eigenvalue weighted by Gasteiger charge is -2.29. The van der Waals surface area contributed by atoms with E-state index in [2.05, 4.69) is 15.3 Å². The van der Waals surface area contributed by atoms with Gasteiger partial charge in [0.2, 0.25) is 0 Å². The van der Waals surface area contributed by atoms with Crippen LogP contribution in [0.5, 0.6) is 0 Å². The Morgan fingerprint density at radius 3 is 2.50 bits per heavy atom. The van der Waals surface area contributed by atoms with Crippen molar-refractivity contribution in [2.75, 3.05) is 29.2 Å². The topological polar surface area (TPSA) is 155 Å². The molecule has 1 fully saturated rings. The van der Waals surface area contributed by atoms with Crippen LogP contribution in [0.4, 0.5) is 17.3 Å². The van der Waals surface area contributed by atoms with Crippen LogP contribution in [0.15, 0.2) is 6.33 Å². The molecule has 0 bridgehead atoms. The lowest BCUT2D eigenvalue weighted by molar-refractivity contribution is -0.165. The minimum atomic E-state index is -0.981. The Bertz CT molecular complexity index is 789. The average molecular weight is 395 g/mol. The van der Waals surface area contributed by atoms with Crippen molar-refractivity contribution in [1.29, 1.82) is 0 Å². The summed E-state index contributed by atoms with van der Waals surface area (Å²) < 4.78 is 21.7. The molecule has 0 unspecified atom stereocenters. The van der Waals surface area contributed by atoms with Crippen molar-refractivity contribution < 1.29 is 33.3 Å². The fraction of sp³-hybridized carbons (Fsp3) is 0.562. The van der Waals surface area contributed by atoms with Crippen molar-refractivity contribution in [3.63, 3.8) is 0 Å². The van der Waals surface area contributed by atoms with Crippen molar-refractivity contribution in [1.82, 2.24) is 9.97 Å². The van der Waals surface area contributed by atoms with Crippen LogP contribution in [-0.2, 0) is 33.3 Å². The van der Waals surface area contributed by atoms with Gasteiger partial charge in [0.05, 0.1) is 6.67 Å². The first-order valence-electron chi connectivity index (χ1n) is 8.52. The van der Waals surface area contributed by atoms with Crippen molar-refractivity contribution in [3.8, 4) is 0 Å². The molecule has 0 aliphatic carbocycles. The van der Waals surface area contributed by atoms with Gasteiger partial charge in [-0.2, -0.15) is 0 Å². The van der Waals surface area contributed by atoms with Crippen LogP contribution < -0.4 is 16.0 Å². The molecule has 0 radical (unpaired) electrons. The predicted molar refractivity (Wildman–Crippen MR) is 93.8 cm³/mol. The minimum Gasteiger partial charge on any atom is -0.463 e. The lowest BCUT2D eigenvalue weighted by atomic mass is 10.1. The zero-order valence-corrected chi connectivity index (χ0v) is 15.6. The van der Waals surface area contributed by atoms with E-state index in [0.29, 0.717) is 11.5 Å². The number of nitrogen functional groups attached to an aromatic ring is 1. The van der Waals surface area contributed by atoms with E-state index >= 15 is 0 Å². The van der Waals surface area contributed by atoms with Crippen LogP contribution in [0.1, 0.15) is 20.8 Å². The summed E-state index contributed by atoms with van der Waals surface area (Å²) in [6.45, 7) is 3.77. The molecule has 3 N–H and O–H groups in total. The van der Waals surface area contributed by atoms with E-state index in [9.17, 15) is 14.4 Å². The van der Waals surface area contributed by atoms with E-state index in [-0.39, 0.29) is 19.1 Å². The molecule has 0 amide bonds. The Kier molecular flexibility index (Phi) is 5.49. The molecule has 2 aliphatic heterocycles. The average Bonchev–Trinajstić information content (AvgIpc) is 3.16. The third-order valence-corrected chi connectivity index (χ3v) is 4.20. The van der Waals surface area contributed by atoms with Crippen molar-refractivity contribution in [2.24, 2.45) is 0 Å². The first-order valence-corrected chi connectivity index (χ1v) is 8.52. The van der Waals surface area contributed by atoms with Gasteiger partial charge in [0.25, 0.3) is 0 Å². The normalized spacial score (nSPS) is 25.6. The fourth-order valence-electron chi connectivity index (χ4n) is 3.17. The molecular weight excluding hydrogens is 374 g/mol. The highest BCUT2D eigenvalue weighted by Gasteiger charge is 2.53. The summed E-state index contributed by atoms with van der Waals surface area (Å²) in [4.78, 5) is 44.3. The summed E-state index contributed by atoms with van der Waals surface area (Å²) in [7, 11) is 0. The number of hydrogen-bond acceptors (Lipinski definition) is 12. The number of hydrogen-bond donors (Lipinski definition) is 2. The van der Waals surface area contributed by atoms with E-state index in [4.69, 9.17) is 24.7 Å². The smallest absolute Gasteiger partial charge is 0.303 e. The summed E-state index contributed by atoms with van der Waals surface area (Å²) in [5, 5.41) is 3.05. The molecular formula is C16H21N5O7. The molecule has 4 atom stereocenters. The van der Waals surface area contributed by atoms with Gasteiger partial charge in [0, 0.05) is 20.8 Å². The quantitative estimate of drug-likeness (QED) is 0.483. The SMILES string of the molecule is CC(=O)OC[C@H]1O[C@@H](N2CNc3c(N)ncnc32)[C@@H](OC(C)=O)[C@H]1OC(C)=O. The van der Waals surface area contributed by atoms with Crippen molar-refractivity contribution >= 4 is 35.2 Å². The maximum atomic E-state index is 11.7. The zero-order chi connectivity index (χ0) is 20.4. The standard InChI is InChI=1S/C16H21N5O7/c1-7(22)25-4-10-12(26-8(2)23)13(27-9(3)24)16(28-10)21-6-20-11-14(17)18-5-19-15(11)21/h5,10,12-13,16,20H,4,6H2,1-3H3,(H2,17,18,19)/t10-,12+,13+,16-/m1/s1. The van der Waals surface area contributed by atoms with Gasteiger partial charge in [-0.05, 0) is 0 Å². The van der Waals surface area contributed by atoms with E-state index in [1.165, 1.54) is 27.1 Å². The van der Waals surface area contributed by atoms with Gasteiger partial charge in [0.15, 0.2) is 30.1 Å². The number of ether oxygens (including phenoxy) is 4. The third-order valence-electron chi connectivity index (χ3n) is 4.20. The highest BCUT2D eigenvalue weighted by molar-refractivity contribution is 5.80. The summed E-state index contributed by atoms with van der Waals surface area (Å²) in [5.74, 6) is -0.998. The Morgan fingerprint density at radius 2 is 1.86 bits per heavy atom. The number of carbonyl (C=O) groups excluding carboxylic acids is 3. The fourth-order valence-corrected chi connectivity index (χ4v) is 3.17. The maximum absolute atomic E-state index is 11.7. The Balaban J connectivity index is 1.92. The number of nitrogens with two attached hydrogens (primary N) is 1. The van der Waals surface area contributed by atoms with E-state index < -0.39 is 42.4 Å². The Labute approximate surface area is 160 Å². The van der Waals surface area contributed by atoms with Gasteiger partial charge in [-0.3, -0.25) is 14.4 Å².